The molecule has 4 rings (SSSR count). The number of aromatic nitrogens is 3. The molecule has 1 atom stereocenters. The monoisotopic (exact) mass is 537 g/mol. The van der Waals surface area contributed by atoms with Gasteiger partial charge in [-0.05, 0) is 65.2 Å². The van der Waals surface area contributed by atoms with E-state index in [0.717, 1.165) is 18.9 Å². The molecular weight excluding hydrogens is 505 g/mol. The van der Waals surface area contributed by atoms with Crippen molar-refractivity contribution in [2.75, 3.05) is 18.5 Å². The summed E-state index contributed by atoms with van der Waals surface area (Å²) in [6.45, 7) is 7.83. The van der Waals surface area contributed by atoms with Gasteiger partial charge < -0.3 is 19.8 Å². The van der Waals surface area contributed by atoms with E-state index in [1.165, 1.54) is 12.3 Å². The maximum Gasteiger partial charge on any atom is 0.410 e. The molecule has 1 aliphatic rings. The van der Waals surface area contributed by atoms with E-state index in [2.05, 4.69) is 15.3 Å². The van der Waals surface area contributed by atoms with Gasteiger partial charge >= 0.3 is 12.1 Å². The number of carbonyl (C=O) groups excluding carboxylic acids is 3. The topological polar surface area (TPSA) is 127 Å². The Morgan fingerprint density at radius 2 is 1.90 bits per heavy atom. The highest BCUT2D eigenvalue weighted by Crippen LogP contribution is 2.33. The lowest BCUT2D eigenvalue weighted by Gasteiger charge is -2.35. The van der Waals surface area contributed by atoms with Crippen LogP contribution in [0.1, 0.15) is 79.7 Å². The van der Waals surface area contributed by atoms with Crippen LogP contribution in [0.3, 0.4) is 0 Å². The average molecular weight is 538 g/mol. The first-order chi connectivity index (χ1) is 18.6. The lowest BCUT2D eigenvalue weighted by atomic mass is 10.0. The van der Waals surface area contributed by atoms with Gasteiger partial charge in [0.25, 0.3) is 5.91 Å². The largest absolute Gasteiger partial charge is 0.461 e. The number of H-pyrrole nitrogens is 1. The minimum absolute atomic E-state index is 0.0904. The summed E-state index contributed by atoms with van der Waals surface area (Å²) < 4.78 is 24.3. The van der Waals surface area contributed by atoms with Gasteiger partial charge in [0.05, 0.1) is 12.6 Å². The molecule has 1 fully saturated rings. The number of esters is 1. The van der Waals surface area contributed by atoms with Crippen LogP contribution >= 0.6 is 0 Å². The third kappa shape index (κ3) is 6.78. The summed E-state index contributed by atoms with van der Waals surface area (Å²) in [6.07, 6.45) is 3.20. The lowest BCUT2D eigenvalue weighted by molar-refractivity contribution is 0.00853. The highest BCUT2D eigenvalue weighted by atomic mass is 19.1. The second kappa shape index (κ2) is 11.6. The van der Waals surface area contributed by atoms with Crippen LogP contribution in [0.15, 0.2) is 42.6 Å². The molecule has 0 spiro atoms. The van der Waals surface area contributed by atoms with Crippen LogP contribution in [0.5, 0.6) is 0 Å². The summed E-state index contributed by atoms with van der Waals surface area (Å²) in [5.41, 5.74) is 0.726. The molecule has 39 heavy (non-hydrogen) atoms. The predicted molar refractivity (Wildman–Crippen MR) is 142 cm³/mol. The van der Waals surface area contributed by atoms with Crippen LogP contribution in [0.25, 0.3) is 11.3 Å². The number of pyridine rings is 1. The number of carbonyl (C=O) groups is 3. The van der Waals surface area contributed by atoms with Gasteiger partial charge in [-0.3, -0.25) is 9.69 Å². The molecule has 2 N–H and O–H groups in total. The van der Waals surface area contributed by atoms with Gasteiger partial charge in [0, 0.05) is 29.9 Å². The van der Waals surface area contributed by atoms with Gasteiger partial charge in [-0.2, -0.15) is 0 Å². The number of amides is 2. The smallest absolute Gasteiger partial charge is 0.410 e. The van der Waals surface area contributed by atoms with Crippen molar-refractivity contribution < 1.29 is 28.2 Å². The second-order valence-electron chi connectivity index (χ2n) is 10.1. The standard InChI is InChI=1S/C28H32FN5O5/c1-5-38-26(36)23-22(17-9-11-18(12-10-17)25(35)31-21-16-19(29)13-14-30-21)32-24(33-23)20-8-6-7-15-34(20)27(37)39-28(2,3)4/h9-14,16,20H,5-8,15H2,1-4H3,(H,32,33)(H,30,31,35)/t20-/m0/s1. The van der Waals surface area contributed by atoms with Gasteiger partial charge in [0.15, 0.2) is 5.69 Å². The molecule has 206 valence electrons. The Bertz CT molecular complexity index is 1350. The number of nitrogens with one attached hydrogen (secondary N) is 2. The van der Waals surface area contributed by atoms with Gasteiger partial charge in [-0.1, -0.05) is 12.1 Å². The molecular formula is C28H32FN5O5. The summed E-state index contributed by atoms with van der Waals surface area (Å²) in [7, 11) is 0. The zero-order valence-electron chi connectivity index (χ0n) is 22.4. The summed E-state index contributed by atoms with van der Waals surface area (Å²) >= 11 is 0. The van der Waals surface area contributed by atoms with Crippen LogP contribution in [-0.4, -0.2) is 56.6 Å². The number of nitrogens with zero attached hydrogens (tertiary/aromatic N) is 3. The van der Waals surface area contributed by atoms with Crippen molar-refractivity contribution in [2.45, 2.75) is 58.6 Å². The minimum Gasteiger partial charge on any atom is -0.461 e. The van der Waals surface area contributed by atoms with Gasteiger partial charge in [-0.15, -0.1) is 0 Å². The quantitative estimate of drug-likeness (QED) is 0.398. The Morgan fingerprint density at radius 3 is 2.56 bits per heavy atom. The fourth-order valence-corrected chi connectivity index (χ4v) is 4.31. The minimum atomic E-state index is -0.651. The highest BCUT2D eigenvalue weighted by Gasteiger charge is 2.34. The van der Waals surface area contributed by atoms with E-state index in [9.17, 15) is 18.8 Å². The van der Waals surface area contributed by atoms with Crippen LogP contribution in [0, 0.1) is 5.82 Å². The molecule has 3 aromatic rings. The lowest BCUT2D eigenvalue weighted by Crippen LogP contribution is -2.42. The number of rotatable bonds is 6. The number of ether oxygens (including phenoxy) is 2. The molecule has 2 amide bonds. The van der Waals surface area contributed by atoms with Crippen molar-refractivity contribution in [3.8, 4) is 11.3 Å². The molecule has 0 aliphatic carbocycles. The molecule has 1 aromatic carbocycles. The first-order valence-electron chi connectivity index (χ1n) is 12.9. The summed E-state index contributed by atoms with van der Waals surface area (Å²) in [5.74, 6) is -1.02. The van der Waals surface area contributed by atoms with Crippen molar-refractivity contribution >= 4 is 23.8 Å². The SMILES string of the molecule is CCOC(=O)c1[nH]c([C@@H]2CCCCN2C(=O)OC(C)(C)C)nc1-c1ccc(C(=O)Nc2cc(F)ccn2)cc1. The van der Waals surface area contributed by atoms with Gasteiger partial charge in [0.2, 0.25) is 0 Å². The predicted octanol–water partition coefficient (Wildman–Crippen LogP) is 5.50. The molecule has 10 nitrogen and oxygen atoms in total. The Morgan fingerprint density at radius 1 is 1.15 bits per heavy atom. The van der Waals surface area contributed by atoms with E-state index in [0.29, 0.717) is 35.6 Å². The van der Waals surface area contributed by atoms with E-state index >= 15 is 0 Å². The number of hydrogen-bond acceptors (Lipinski definition) is 7. The Hall–Kier alpha value is -4.28. The molecule has 0 radical (unpaired) electrons. The summed E-state index contributed by atoms with van der Waals surface area (Å²) in [4.78, 5) is 51.8. The number of likely N-dealkylation sites (tertiary alicyclic amines) is 1. The molecule has 0 unspecified atom stereocenters. The maximum absolute atomic E-state index is 13.4. The highest BCUT2D eigenvalue weighted by molar-refractivity contribution is 6.04. The number of anilines is 1. The van der Waals surface area contributed by atoms with Crippen LogP contribution in [0.4, 0.5) is 15.0 Å². The average Bonchev–Trinajstić information content (AvgIpc) is 3.33. The normalized spacial score (nSPS) is 15.5. The molecule has 3 heterocycles. The number of aromatic amines is 1. The Labute approximate surface area is 225 Å². The molecule has 0 saturated carbocycles. The van der Waals surface area contributed by atoms with Crippen LogP contribution < -0.4 is 5.32 Å². The Kier molecular flexibility index (Phi) is 8.27. The van der Waals surface area contributed by atoms with Crippen molar-refractivity contribution in [1.82, 2.24) is 19.9 Å². The third-order valence-corrected chi connectivity index (χ3v) is 6.03. The van der Waals surface area contributed by atoms with E-state index < -0.39 is 35.4 Å². The summed E-state index contributed by atoms with van der Waals surface area (Å²) in [5, 5.41) is 2.55. The molecule has 1 aliphatic heterocycles. The third-order valence-electron chi connectivity index (χ3n) is 6.03. The van der Waals surface area contributed by atoms with Crippen molar-refractivity contribution in [3.05, 3.63) is 65.5 Å². The van der Waals surface area contributed by atoms with E-state index in [4.69, 9.17) is 14.5 Å². The fraction of sp³-hybridized carbons (Fsp3) is 0.393. The fourth-order valence-electron chi connectivity index (χ4n) is 4.31. The number of hydrogen-bond donors (Lipinski definition) is 2. The number of halogens is 1. The van der Waals surface area contributed by atoms with Gasteiger partial charge in [-0.25, -0.2) is 23.9 Å². The van der Waals surface area contributed by atoms with Crippen LogP contribution in [0.2, 0.25) is 0 Å². The number of imidazole rings is 1. The molecule has 11 heteroatoms. The van der Waals surface area contributed by atoms with E-state index in [1.54, 1.807) is 36.1 Å². The first-order valence-corrected chi connectivity index (χ1v) is 12.9. The molecule has 0 bridgehead atoms. The number of piperidine rings is 1. The maximum atomic E-state index is 13.4. The molecule has 1 saturated heterocycles. The van der Waals surface area contributed by atoms with Crippen LogP contribution in [-0.2, 0) is 9.47 Å². The van der Waals surface area contributed by atoms with Crippen molar-refractivity contribution in [2.24, 2.45) is 0 Å². The Balaban J connectivity index is 1.63. The second-order valence-corrected chi connectivity index (χ2v) is 10.1. The number of benzene rings is 1. The van der Waals surface area contributed by atoms with Crippen molar-refractivity contribution in [3.63, 3.8) is 0 Å². The summed E-state index contributed by atoms with van der Waals surface area (Å²) in [6, 6.07) is 8.35. The molecule has 2 aromatic heterocycles. The zero-order chi connectivity index (χ0) is 28.2. The van der Waals surface area contributed by atoms with E-state index in [1.807, 2.05) is 20.8 Å². The van der Waals surface area contributed by atoms with Crippen molar-refractivity contribution in [1.29, 1.82) is 0 Å². The van der Waals surface area contributed by atoms with E-state index in [-0.39, 0.29) is 18.1 Å². The first kappa shape index (κ1) is 27.7. The van der Waals surface area contributed by atoms with Gasteiger partial charge in [0.1, 0.15) is 28.8 Å². The zero-order valence-corrected chi connectivity index (χ0v) is 22.4.